The van der Waals surface area contributed by atoms with Crippen molar-refractivity contribution in [3.05, 3.63) is 0 Å². The maximum absolute atomic E-state index is 10.2. The zero-order chi connectivity index (χ0) is 10.3. The van der Waals surface area contributed by atoms with Crippen molar-refractivity contribution in [2.24, 2.45) is 5.92 Å². The summed E-state index contributed by atoms with van der Waals surface area (Å²) in [6.45, 7) is 4.22. The van der Waals surface area contributed by atoms with Crippen LogP contribution >= 0.6 is 11.8 Å². The van der Waals surface area contributed by atoms with Gasteiger partial charge in [0.15, 0.2) is 0 Å². The summed E-state index contributed by atoms with van der Waals surface area (Å²) in [5, 5.41) is 17.6. The molecule has 2 N–H and O–H groups in total. The van der Waals surface area contributed by atoms with Crippen molar-refractivity contribution in [2.75, 3.05) is 12.4 Å². The van der Waals surface area contributed by atoms with E-state index >= 15 is 0 Å². The van der Waals surface area contributed by atoms with Gasteiger partial charge < -0.3 is 10.2 Å². The van der Waals surface area contributed by atoms with Gasteiger partial charge in [-0.05, 0) is 18.1 Å². The van der Waals surface area contributed by atoms with Crippen molar-refractivity contribution in [3.8, 4) is 0 Å². The Morgan fingerprint density at radius 1 is 1.46 bits per heavy atom. The highest BCUT2D eigenvalue weighted by atomic mass is 32.2. The third-order valence-electron chi connectivity index (χ3n) is 1.74. The maximum Gasteiger partial charge on any atom is 0.303 e. The molecule has 3 nitrogen and oxygen atoms in total. The zero-order valence-corrected chi connectivity index (χ0v) is 9.01. The van der Waals surface area contributed by atoms with E-state index in [0.717, 1.165) is 5.75 Å². The van der Waals surface area contributed by atoms with Gasteiger partial charge in [-0.15, -0.1) is 0 Å². The molecule has 0 aromatic carbocycles. The lowest BCUT2D eigenvalue weighted by atomic mass is 10.2. The summed E-state index contributed by atoms with van der Waals surface area (Å²) < 4.78 is 0. The van der Waals surface area contributed by atoms with Crippen LogP contribution in [0.4, 0.5) is 0 Å². The molecule has 2 atom stereocenters. The molecule has 0 saturated heterocycles. The Kier molecular flexibility index (Phi) is 7.09. The number of carbonyl (C=O) groups is 1. The lowest BCUT2D eigenvalue weighted by Crippen LogP contribution is -2.08. The first-order valence-electron chi connectivity index (χ1n) is 4.50. The Morgan fingerprint density at radius 2 is 2.08 bits per heavy atom. The first-order valence-corrected chi connectivity index (χ1v) is 5.55. The summed E-state index contributed by atoms with van der Waals surface area (Å²) >= 11 is 1.73. The number of aliphatic hydroxyl groups excluding tert-OH is 1. The van der Waals surface area contributed by atoms with Gasteiger partial charge in [0, 0.05) is 18.3 Å². The van der Waals surface area contributed by atoms with E-state index in [4.69, 9.17) is 10.2 Å². The fraction of sp³-hybridized carbons (Fsp3) is 0.889. The normalized spacial score (nSPS) is 15.3. The number of rotatable bonds is 7. The predicted molar refractivity (Wildman–Crippen MR) is 55.0 cm³/mol. The third-order valence-corrected chi connectivity index (χ3v) is 3.31. The van der Waals surface area contributed by atoms with Gasteiger partial charge in [-0.3, -0.25) is 4.79 Å². The Bertz CT molecular complexity index is 150. The molecule has 0 amide bonds. The van der Waals surface area contributed by atoms with E-state index in [1.54, 1.807) is 11.8 Å². The molecule has 0 saturated carbocycles. The van der Waals surface area contributed by atoms with Gasteiger partial charge >= 0.3 is 5.97 Å². The van der Waals surface area contributed by atoms with Crippen LogP contribution < -0.4 is 0 Å². The lowest BCUT2D eigenvalue weighted by Gasteiger charge is -2.12. The van der Waals surface area contributed by atoms with Crippen LogP contribution in [0.5, 0.6) is 0 Å². The molecule has 0 aromatic rings. The highest BCUT2D eigenvalue weighted by molar-refractivity contribution is 7.99. The molecule has 4 heteroatoms. The van der Waals surface area contributed by atoms with Crippen molar-refractivity contribution in [3.63, 3.8) is 0 Å². The molecule has 0 fully saturated rings. The summed E-state index contributed by atoms with van der Waals surface area (Å²) in [6, 6.07) is 0. The van der Waals surface area contributed by atoms with Crippen LogP contribution in [-0.4, -0.2) is 33.8 Å². The molecular formula is C9H18O3S. The van der Waals surface area contributed by atoms with Crippen molar-refractivity contribution < 1.29 is 15.0 Å². The van der Waals surface area contributed by atoms with Crippen LogP contribution in [0.25, 0.3) is 0 Å². The van der Waals surface area contributed by atoms with E-state index in [1.807, 2.05) is 13.8 Å². The number of carboxylic acid groups (broad SMARTS) is 1. The second-order valence-electron chi connectivity index (χ2n) is 3.36. The van der Waals surface area contributed by atoms with E-state index in [-0.39, 0.29) is 13.0 Å². The van der Waals surface area contributed by atoms with Crippen LogP contribution in [0.1, 0.15) is 26.7 Å². The molecule has 0 aliphatic carbocycles. The van der Waals surface area contributed by atoms with E-state index in [1.165, 1.54) is 0 Å². The first kappa shape index (κ1) is 12.8. The second-order valence-corrected chi connectivity index (χ2v) is 4.84. The average Bonchev–Trinajstić information content (AvgIpc) is 2.10. The van der Waals surface area contributed by atoms with Crippen LogP contribution in [0, 0.1) is 5.92 Å². The van der Waals surface area contributed by atoms with Gasteiger partial charge in [-0.2, -0.15) is 11.8 Å². The van der Waals surface area contributed by atoms with Crippen LogP contribution in [0.3, 0.4) is 0 Å². The third kappa shape index (κ3) is 8.12. The number of carboxylic acids is 1. The first-order chi connectivity index (χ1) is 6.06. The Balaban J connectivity index is 3.39. The smallest absolute Gasteiger partial charge is 0.303 e. The standard InChI is InChI=1S/C9H18O3S/c1-7(5-10)6-13-8(2)3-4-9(11)12/h7-8,10H,3-6H2,1-2H3,(H,11,12). The SMILES string of the molecule is CC(CO)CSC(C)CCC(=O)O. The zero-order valence-electron chi connectivity index (χ0n) is 8.19. The number of hydrogen-bond acceptors (Lipinski definition) is 3. The molecular weight excluding hydrogens is 188 g/mol. The summed E-state index contributed by atoms with van der Waals surface area (Å²) in [6.07, 6.45) is 0.944. The Hall–Kier alpha value is -0.220. The molecule has 0 spiro atoms. The van der Waals surface area contributed by atoms with Crippen molar-refractivity contribution in [1.29, 1.82) is 0 Å². The van der Waals surface area contributed by atoms with E-state index in [0.29, 0.717) is 17.6 Å². The molecule has 78 valence electrons. The lowest BCUT2D eigenvalue weighted by molar-refractivity contribution is -0.137. The van der Waals surface area contributed by atoms with Crippen molar-refractivity contribution in [2.45, 2.75) is 31.9 Å². The topological polar surface area (TPSA) is 57.5 Å². The Morgan fingerprint density at radius 3 is 2.54 bits per heavy atom. The highest BCUT2D eigenvalue weighted by Gasteiger charge is 2.07. The van der Waals surface area contributed by atoms with Crippen molar-refractivity contribution >= 4 is 17.7 Å². The van der Waals surface area contributed by atoms with Crippen LogP contribution in [-0.2, 0) is 4.79 Å². The predicted octanol–water partition coefficient (Wildman–Crippen LogP) is 1.60. The second kappa shape index (κ2) is 7.21. The van der Waals surface area contributed by atoms with Crippen molar-refractivity contribution in [1.82, 2.24) is 0 Å². The van der Waals surface area contributed by atoms with E-state index in [2.05, 4.69) is 0 Å². The van der Waals surface area contributed by atoms with E-state index < -0.39 is 5.97 Å². The van der Waals surface area contributed by atoms with Crippen LogP contribution in [0.15, 0.2) is 0 Å². The Labute approximate surface area is 83.5 Å². The molecule has 0 aliphatic heterocycles. The molecule has 0 radical (unpaired) electrons. The summed E-state index contributed by atoms with van der Waals surface area (Å²) in [7, 11) is 0. The summed E-state index contributed by atoms with van der Waals surface area (Å²) in [5.41, 5.74) is 0. The van der Waals surface area contributed by atoms with E-state index in [9.17, 15) is 4.79 Å². The number of aliphatic carboxylic acids is 1. The number of aliphatic hydroxyl groups is 1. The molecule has 0 heterocycles. The largest absolute Gasteiger partial charge is 0.481 e. The summed E-state index contributed by atoms with van der Waals surface area (Å²) in [4.78, 5) is 10.2. The minimum absolute atomic E-state index is 0.207. The quantitative estimate of drug-likeness (QED) is 0.664. The molecule has 0 bridgehead atoms. The maximum atomic E-state index is 10.2. The molecule has 13 heavy (non-hydrogen) atoms. The van der Waals surface area contributed by atoms with Gasteiger partial charge in [0.25, 0.3) is 0 Å². The molecule has 2 unspecified atom stereocenters. The van der Waals surface area contributed by atoms with Gasteiger partial charge in [0.2, 0.25) is 0 Å². The molecule has 0 aromatic heterocycles. The van der Waals surface area contributed by atoms with Crippen LogP contribution in [0.2, 0.25) is 0 Å². The minimum atomic E-state index is -0.734. The fourth-order valence-electron chi connectivity index (χ4n) is 0.791. The number of hydrogen-bond donors (Lipinski definition) is 2. The van der Waals surface area contributed by atoms with Gasteiger partial charge in [0.05, 0.1) is 0 Å². The number of thioether (sulfide) groups is 1. The summed E-state index contributed by atoms with van der Waals surface area (Å²) in [5.74, 6) is 0.469. The van der Waals surface area contributed by atoms with Gasteiger partial charge in [0.1, 0.15) is 0 Å². The fourth-order valence-corrected chi connectivity index (χ4v) is 1.84. The highest BCUT2D eigenvalue weighted by Crippen LogP contribution is 2.18. The van der Waals surface area contributed by atoms with Gasteiger partial charge in [-0.1, -0.05) is 13.8 Å². The monoisotopic (exact) mass is 206 g/mol. The molecule has 0 aliphatic rings. The van der Waals surface area contributed by atoms with Gasteiger partial charge in [-0.25, -0.2) is 0 Å². The molecule has 0 rings (SSSR count). The average molecular weight is 206 g/mol. The minimum Gasteiger partial charge on any atom is -0.481 e.